The van der Waals surface area contributed by atoms with E-state index in [4.69, 9.17) is 10.00 Å². The van der Waals surface area contributed by atoms with Crippen LogP contribution >= 0.6 is 22.6 Å². The van der Waals surface area contributed by atoms with Gasteiger partial charge in [-0.2, -0.15) is 5.26 Å². The minimum Gasteiger partial charge on any atom is -0.418 e. The summed E-state index contributed by atoms with van der Waals surface area (Å²) in [6, 6.07) is 9.74. The van der Waals surface area contributed by atoms with Crippen molar-refractivity contribution in [2.45, 2.75) is 6.10 Å². The Hall–Kier alpha value is -0.760. The lowest BCUT2D eigenvalue weighted by Gasteiger charge is -2.09. The fraction of sp³-hybridized carbons (Fsp3) is 0.222. The molecular weight excluding hydrogens is 265 g/mol. The van der Waals surface area contributed by atoms with Crippen molar-refractivity contribution in [2.24, 2.45) is 0 Å². The van der Waals surface area contributed by atoms with Gasteiger partial charge >= 0.3 is 0 Å². The standard InChI is InChI=1S/C9H8INO/c10-6-9(12-7-11)8-4-2-1-3-5-8/h1-5,9H,6H2. The number of ether oxygens (including phenoxy) is 1. The SMILES string of the molecule is N#COC(CI)c1ccccc1. The van der Waals surface area contributed by atoms with Crippen LogP contribution in [0.5, 0.6) is 0 Å². The van der Waals surface area contributed by atoms with E-state index in [1.165, 1.54) is 0 Å². The molecule has 1 aromatic carbocycles. The normalized spacial score (nSPS) is 11.7. The maximum atomic E-state index is 8.35. The number of nitriles is 1. The lowest BCUT2D eigenvalue weighted by molar-refractivity contribution is 0.190. The average molecular weight is 273 g/mol. The minimum atomic E-state index is -0.100. The molecule has 0 saturated carbocycles. The van der Waals surface area contributed by atoms with Gasteiger partial charge in [-0.25, -0.2) is 0 Å². The van der Waals surface area contributed by atoms with Gasteiger partial charge in [-0.3, -0.25) is 0 Å². The van der Waals surface area contributed by atoms with Gasteiger partial charge in [0, 0.05) is 4.43 Å². The molecule has 0 radical (unpaired) electrons. The van der Waals surface area contributed by atoms with E-state index in [0.717, 1.165) is 9.99 Å². The van der Waals surface area contributed by atoms with Gasteiger partial charge in [-0.1, -0.05) is 52.9 Å². The monoisotopic (exact) mass is 273 g/mol. The molecule has 0 fully saturated rings. The Morgan fingerprint density at radius 2 is 2.08 bits per heavy atom. The van der Waals surface area contributed by atoms with Crippen LogP contribution < -0.4 is 0 Å². The molecule has 0 aliphatic rings. The highest BCUT2D eigenvalue weighted by Crippen LogP contribution is 2.18. The van der Waals surface area contributed by atoms with Gasteiger partial charge in [0.05, 0.1) is 0 Å². The van der Waals surface area contributed by atoms with Crippen molar-refractivity contribution in [1.82, 2.24) is 0 Å². The molecule has 0 aromatic heterocycles. The van der Waals surface area contributed by atoms with Crippen LogP contribution in [0.3, 0.4) is 0 Å². The molecule has 0 N–H and O–H groups in total. The largest absolute Gasteiger partial charge is 0.418 e. The number of benzene rings is 1. The van der Waals surface area contributed by atoms with Crippen LogP contribution in [0.4, 0.5) is 0 Å². The summed E-state index contributed by atoms with van der Waals surface area (Å²) < 4.78 is 5.66. The predicted molar refractivity (Wildman–Crippen MR) is 54.8 cm³/mol. The molecule has 1 atom stereocenters. The molecule has 1 rings (SSSR count). The van der Waals surface area contributed by atoms with Crippen molar-refractivity contribution in [3.8, 4) is 6.26 Å². The van der Waals surface area contributed by atoms with Gasteiger partial charge < -0.3 is 4.74 Å². The molecule has 1 unspecified atom stereocenters. The smallest absolute Gasteiger partial charge is 0.286 e. The van der Waals surface area contributed by atoms with Crippen LogP contribution in [0.1, 0.15) is 11.7 Å². The Bertz CT molecular complexity index is 268. The van der Waals surface area contributed by atoms with Crippen LogP contribution in [-0.2, 0) is 4.74 Å². The Labute approximate surface area is 85.3 Å². The molecular formula is C9H8INO. The van der Waals surface area contributed by atoms with Crippen LogP contribution in [-0.4, -0.2) is 4.43 Å². The van der Waals surface area contributed by atoms with Gasteiger partial charge in [-0.15, -0.1) is 0 Å². The lowest BCUT2D eigenvalue weighted by atomic mass is 10.1. The Kier molecular flexibility index (Phi) is 3.88. The van der Waals surface area contributed by atoms with Crippen molar-refractivity contribution in [1.29, 1.82) is 5.26 Å². The van der Waals surface area contributed by atoms with Gasteiger partial charge in [0.2, 0.25) is 0 Å². The Morgan fingerprint density at radius 3 is 2.58 bits per heavy atom. The molecule has 0 heterocycles. The third-order valence-corrected chi connectivity index (χ3v) is 2.31. The molecule has 2 nitrogen and oxygen atoms in total. The van der Waals surface area contributed by atoms with E-state index in [2.05, 4.69) is 22.6 Å². The van der Waals surface area contributed by atoms with Crippen LogP contribution in [0.15, 0.2) is 30.3 Å². The summed E-state index contributed by atoms with van der Waals surface area (Å²) in [5.41, 5.74) is 1.05. The van der Waals surface area contributed by atoms with E-state index in [-0.39, 0.29) is 6.10 Å². The minimum absolute atomic E-state index is 0.100. The summed E-state index contributed by atoms with van der Waals surface area (Å²) in [7, 11) is 0. The molecule has 0 spiro atoms. The third kappa shape index (κ3) is 2.38. The highest BCUT2D eigenvalue weighted by Gasteiger charge is 2.09. The molecule has 3 heteroatoms. The zero-order valence-electron chi connectivity index (χ0n) is 6.40. The number of alkyl halides is 1. The Balaban J connectivity index is 2.75. The summed E-state index contributed by atoms with van der Waals surface area (Å²) in [4.78, 5) is 0. The summed E-state index contributed by atoms with van der Waals surface area (Å²) in [6.45, 7) is 0. The second kappa shape index (κ2) is 4.99. The van der Waals surface area contributed by atoms with Gasteiger partial charge in [-0.05, 0) is 5.56 Å². The summed E-state index contributed by atoms with van der Waals surface area (Å²) in [6.07, 6.45) is 1.61. The first kappa shape index (κ1) is 9.33. The maximum absolute atomic E-state index is 8.35. The van der Waals surface area contributed by atoms with E-state index < -0.39 is 0 Å². The van der Waals surface area contributed by atoms with Crippen molar-refractivity contribution in [2.75, 3.05) is 4.43 Å². The molecule has 0 aliphatic heterocycles. The van der Waals surface area contributed by atoms with Crippen molar-refractivity contribution >= 4 is 22.6 Å². The fourth-order valence-electron chi connectivity index (χ4n) is 0.920. The third-order valence-electron chi connectivity index (χ3n) is 1.51. The van der Waals surface area contributed by atoms with E-state index in [0.29, 0.717) is 0 Å². The fourth-order valence-corrected chi connectivity index (χ4v) is 1.61. The summed E-state index contributed by atoms with van der Waals surface area (Å²) in [5, 5.41) is 8.35. The molecule has 12 heavy (non-hydrogen) atoms. The van der Waals surface area contributed by atoms with Crippen molar-refractivity contribution in [3.63, 3.8) is 0 Å². The van der Waals surface area contributed by atoms with E-state index in [1.54, 1.807) is 6.26 Å². The second-order valence-corrected chi connectivity index (χ2v) is 3.14. The van der Waals surface area contributed by atoms with Crippen molar-refractivity contribution < 1.29 is 4.74 Å². The number of hydrogen-bond acceptors (Lipinski definition) is 2. The van der Waals surface area contributed by atoms with Gasteiger partial charge in [0.15, 0.2) is 0 Å². The number of hydrogen-bond donors (Lipinski definition) is 0. The maximum Gasteiger partial charge on any atom is 0.286 e. The first-order valence-electron chi connectivity index (χ1n) is 3.54. The molecule has 1 aromatic rings. The number of nitrogens with zero attached hydrogens (tertiary/aromatic N) is 1. The highest BCUT2D eigenvalue weighted by molar-refractivity contribution is 14.1. The average Bonchev–Trinajstić information content (AvgIpc) is 2.15. The molecule has 0 bridgehead atoms. The predicted octanol–water partition coefficient (Wildman–Crippen LogP) is 2.66. The summed E-state index contributed by atoms with van der Waals surface area (Å²) >= 11 is 2.20. The van der Waals surface area contributed by atoms with Gasteiger partial charge in [0.1, 0.15) is 6.10 Å². The van der Waals surface area contributed by atoms with E-state index in [9.17, 15) is 0 Å². The van der Waals surface area contributed by atoms with Crippen LogP contribution in [0, 0.1) is 11.5 Å². The highest BCUT2D eigenvalue weighted by atomic mass is 127. The van der Waals surface area contributed by atoms with Gasteiger partial charge in [0.25, 0.3) is 6.26 Å². The Morgan fingerprint density at radius 1 is 1.42 bits per heavy atom. The number of halogens is 1. The quantitative estimate of drug-likeness (QED) is 0.482. The topological polar surface area (TPSA) is 33.0 Å². The van der Waals surface area contributed by atoms with Crippen LogP contribution in [0.25, 0.3) is 0 Å². The second-order valence-electron chi connectivity index (χ2n) is 2.26. The molecule has 62 valence electrons. The first-order valence-corrected chi connectivity index (χ1v) is 5.06. The first-order chi connectivity index (χ1) is 5.88. The van der Waals surface area contributed by atoms with E-state index in [1.807, 2.05) is 30.3 Å². The lowest BCUT2D eigenvalue weighted by Crippen LogP contribution is -2.01. The zero-order chi connectivity index (χ0) is 8.81. The van der Waals surface area contributed by atoms with Crippen molar-refractivity contribution in [3.05, 3.63) is 35.9 Å². The molecule has 0 aliphatic carbocycles. The molecule has 0 saturated heterocycles. The zero-order valence-corrected chi connectivity index (χ0v) is 8.56. The van der Waals surface area contributed by atoms with Crippen LogP contribution in [0.2, 0.25) is 0 Å². The number of rotatable bonds is 3. The van der Waals surface area contributed by atoms with E-state index >= 15 is 0 Å². The summed E-state index contributed by atoms with van der Waals surface area (Å²) in [5.74, 6) is 0. The molecule has 0 amide bonds.